The van der Waals surface area contributed by atoms with Gasteiger partial charge in [0, 0.05) is 0 Å². The quantitative estimate of drug-likeness (QED) is 0.659. The number of hydrogen-bond acceptors (Lipinski definition) is 5. The lowest BCUT2D eigenvalue weighted by molar-refractivity contribution is 0.109. The molecule has 2 aromatic rings. The first kappa shape index (κ1) is 7.17. The van der Waals surface area contributed by atoms with E-state index in [1.54, 1.807) is 0 Å². The van der Waals surface area contributed by atoms with Crippen molar-refractivity contribution in [3.63, 3.8) is 0 Å². The molecule has 5 heteroatoms. The van der Waals surface area contributed by atoms with Gasteiger partial charge in [0.1, 0.15) is 0 Å². The maximum absolute atomic E-state index is 10.2. The van der Waals surface area contributed by atoms with E-state index in [4.69, 9.17) is 4.42 Å². The number of aldehydes is 1. The van der Waals surface area contributed by atoms with Crippen LogP contribution in [0.15, 0.2) is 21.9 Å². The standard InChI is InChI=1S/C7H4N2O2S/c10-4-6-8-9-7(11-6)5-2-1-3-12-5/h1-4H. The van der Waals surface area contributed by atoms with Crippen molar-refractivity contribution in [2.24, 2.45) is 0 Å². The topological polar surface area (TPSA) is 56.0 Å². The molecule has 2 aromatic heterocycles. The Morgan fingerprint density at radius 1 is 1.50 bits per heavy atom. The molecule has 0 N–H and O–H groups in total. The van der Waals surface area contributed by atoms with Crippen LogP contribution >= 0.6 is 11.3 Å². The van der Waals surface area contributed by atoms with Crippen LogP contribution in [0.4, 0.5) is 0 Å². The highest BCUT2D eigenvalue weighted by molar-refractivity contribution is 7.13. The third kappa shape index (κ3) is 1.14. The van der Waals surface area contributed by atoms with Crippen LogP contribution < -0.4 is 0 Å². The smallest absolute Gasteiger partial charge is 0.280 e. The number of nitrogens with zero attached hydrogens (tertiary/aromatic N) is 2. The van der Waals surface area contributed by atoms with Gasteiger partial charge < -0.3 is 4.42 Å². The fraction of sp³-hybridized carbons (Fsp3) is 0. The van der Waals surface area contributed by atoms with E-state index < -0.39 is 0 Å². The Hall–Kier alpha value is -1.49. The summed E-state index contributed by atoms with van der Waals surface area (Å²) in [4.78, 5) is 11.1. The molecule has 0 spiro atoms. The van der Waals surface area contributed by atoms with E-state index in [1.807, 2.05) is 17.5 Å². The zero-order chi connectivity index (χ0) is 8.39. The second kappa shape index (κ2) is 2.86. The predicted octanol–water partition coefficient (Wildman–Crippen LogP) is 1.61. The molecule has 12 heavy (non-hydrogen) atoms. The third-order valence-corrected chi connectivity index (χ3v) is 2.13. The largest absolute Gasteiger partial charge is 0.413 e. The van der Waals surface area contributed by atoms with Gasteiger partial charge in [-0.2, -0.15) is 0 Å². The van der Waals surface area contributed by atoms with Crippen molar-refractivity contribution >= 4 is 17.6 Å². The zero-order valence-electron chi connectivity index (χ0n) is 5.93. The van der Waals surface area contributed by atoms with Crippen LogP contribution in [-0.4, -0.2) is 16.5 Å². The molecule has 0 unspecified atom stereocenters. The summed E-state index contributed by atoms with van der Waals surface area (Å²) >= 11 is 1.49. The third-order valence-electron chi connectivity index (χ3n) is 1.27. The molecule has 0 saturated carbocycles. The molecule has 0 atom stereocenters. The number of carbonyl (C=O) groups excluding carboxylic acids is 1. The van der Waals surface area contributed by atoms with Crippen molar-refractivity contribution in [2.75, 3.05) is 0 Å². The minimum Gasteiger partial charge on any atom is -0.413 e. The van der Waals surface area contributed by atoms with Crippen molar-refractivity contribution in [3.8, 4) is 10.8 Å². The van der Waals surface area contributed by atoms with Crippen LogP contribution in [0.5, 0.6) is 0 Å². The molecule has 0 bridgehead atoms. The van der Waals surface area contributed by atoms with Gasteiger partial charge in [-0.05, 0) is 11.4 Å². The maximum Gasteiger partial charge on any atom is 0.280 e. The summed E-state index contributed by atoms with van der Waals surface area (Å²) in [7, 11) is 0. The Morgan fingerprint density at radius 2 is 2.42 bits per heavy atom. The lowest BCUT2D eigenvalue weighted by Gasteiger charge is -1.82. The molecule has 0 saturated heterocycles. The van der Waals surface area contributed by atoms with Gasteiger partial charge in [-0.15, -0.1) is 21.5 Å². The van der Waals surface area contributed by atoms with Crippen LogP contribution in [0.1, 0.15) is 10.7 Å². The van der Waals surface area contributed by atoms with E-state index in [1.165, 1.54) is 11.3 Å². The molecule has 0 aliphatic heterocycles. The number of carbonyl (C=O) groups is 1. The normalized spacial score (nSPS) is 10.0. The average Bonchev–Trinajstić information content (AvgIpc) is 2.75. The van der Waals surface area contributed by atoms with Crippen LogP contribution in [0, 0.1) is 0 Å². The Morgan fingerprint density at radius 3 is 3.00 bits per heavy atom. The van der Waals surface area contributed by atoms with E-state index >= 15 is 0 Å². The van der Waals surface area contributed by atoms with Gasteiger partial charge in [-0.25, -0.2) is 0 Å². The summed E-state index contributed by atoms with van der Waals surface area (Å²) in [5.74, 6) is 0.408. The van der Waals surface area contributed by atoms with Gasteiger partial charge >= 0.3 is 0 Å². The lowest BCUT2D eigenvalue weighted by Crippen LogP contribution is -1.75. The van der Waals surface area contributed by atoms with E-state index in [2.05, 4.69) is 10.2 Å². The molecule has 2 heterocycles. The highest BCUT2D eigenvalue weighted by Gasteiger charge is 2.07. The maximum atomic E-state index is 10.2. The Labute approximate surface area is 71.9 Å². The summed E-state index contributed by atoms with van der Waals surface area (Å²) in [5, 5.41) is 9.11. The van der Waals surface area contributed by atoms with E-state index in [0.717, 1.165) is 4.88 Å². The second-order valence-corrected chi connectivity index (χ2v) is 2.99. The molecule has 4 nitrogen and oxygen atoms in total. The number of hydrogen-bond donors (Lipinski definition) is 0. The van der Waals surface area contributed by atoms with Crippen molar-refractivity contribution in [2.45, 2.75) is 0 Å². The van der Waals surface area contributed by atoms with Crippen LogP contribution in [0.3, 0.4) is 0 Å². The van der Waals surface area contributed by atoms with Gasteiger partial charge in [0.25, 0.3) is 11.8 Å². The first-order valence-electron chi connectivity index (χ1n) is 3.23. The van der Waals surface area contributed by atoms with Crippen LogP contribution in [-0.2, 0) is 0 Å². The summed E-state index contributed by atoms with van der Waals surface area (Å²) in [6.45, 7) is 0. The SMILES string of the molecule is O=Cc1nnc(-c2cccs2)o1. The number of aromatic nitrogens is 2. The molecule has 0 radical (unpaired) electrons. The molecular formula is C7H4N2O2S. The van der Waals surface area contributed by atoms with Gasteiger partial charge in [-0.3, -0.25) is 4.79 Å². The molecule has 0 amide bonds. The average molecular weight is 180 g/mol. The van der Waals surface area contributed by atoms with Crippen molar-refractivity contribution in [1.82, 2.24) is 10.2 Å². The van der Waals surface area contributed by atoms with Crippen molar-refractivity contribution in [1.29, 1.82) is 0 Å². The monoisotopic (exact) mass is 180 g/mol. The predicted molar refractivity (Wildman–Crippen MR) is 43.0 cm³/mol. The van der Waals surface area contributed by atoms with Crippen LogP contribution in [0.25, 0.3) is 10.8 Å². The van der Waals surface area contributed by atoms with E-state index in [9.17, 15) is 4.79 Å². The van der Waals surface area contributed by atoms with Gasteiger partial charge in [0.15, 0.2) is 0 Å². The highest BCUT2D eigenvalue weighted by atomic mass is 32.1. The fourth-order valence-electron chi connectivity index (χ4n) is 0.782. The van der Waals surface area contributed by atoms with Gasteiger partial charge in [0.2, 0.25) is 6.29 Å². The van der Waals surface area contributed by atoms with Gasteiger partial charge in [-0.1, -0.05) is 6.07 Å². The Bertz CT molecular complexity index is 380. The van der Waals surface area contributed by atoms with Crippen molar-refractivity contribution in [3.05, 3.63) is 23.4 Å². The molecule has 2 rings (SSSR count). The molecule has 0 fully saturated rings. The molecule has 0 aliphatic rings. The minimum atomic E-state index is 0.0124. The minimum absolute atomic E-state index is 0.0124. The fourth-order valence-corrected chi connectivity index (χ4v) is 1.43. The lowest BCUT2D eigenvalue weighted by atomic mass is 10.5. The first-order chi connectivity index (χ1) is 5.90. The Kier molecular flexibility index (Phi) is 1.71. The summed E-state index contributed by atoms with van der Waals surface area (Å²) < 4.78 is 5.00. The summed E-state index contributed by atoms with van der Waals surface area (Å²) in [6, 6.07) is 3.73. The first-order valence-corrected chi connectivity index (χ1v) is 4.10. The summed E-state index contributed by atoms with van der Waals surface area (Å²) in [5.41, 5.74) is 0. The number of rotatable bonds is 2. The van der Waals surface area contributed by atoms with Gasteiger partial charge in [0.05, 0.1) is 4.88 Å². The second-order valence-electron chi connectivity index (χ2n) is 2.04. The molecular weight excluding hydrogens is 176 g/mol. The molecule has 60 valence electrons. The molecule has 0 aliphatic carbocycles. The van der Waals surface area contributed by atoms with E-state index in [0.29, 0.717) is 12.2 Å². The molecule has 0 aromatic carbocycles. The van der Waals surface area contributed by atoms with Crippen molar-refractivity contribution < 1.29 is 9.21 Å². The zero-order valence-corrected chi connectivity index (χ0v) is 6.75. The number of thiophene rings is 1. The van der Waals surface area contributed by atoms with Crippen LogP contribution in [0.2, 0.25) is 0 Å². The highest BCUT2D eigenvalue weighted by Crippen LogP contribution is 2.22. The summed E-state index contributed by atoms with van der Waals surface area (Å²) in [6.07, 6.45) is 0.532. The van der Waals surface area contributed by atoms with E-state index in [-0.39, 0.29) is 5.89 Å². The Balaban J connectivity index is 2.41.